The molecule has 1 aliphatic heterocycles. The molecule has 96 valence electrons. The minimum Gasteiger partial charge on any atom is -0.339 e. The maximum atomic E-state index is 11.8. The Balaban J connectivity index is 2.14. The zero-order valence-corrected chi connectivity index (χ0v) is 10.9. The zero-order chi connectivity index (χ0) is 13.2. The summed E-state index contributed by atoms with van der Waals surface area (Å²) >= 11 is 0. The summed E-state index contributed by atoms with van der Waals surface area (Å²) in [5.74, 6) is 0.0743. The normalized spacial score (nSPS) is 14.6. The van der Waals surface area contributed by atoms with Crippen molar-refractivity contribution in [3.8, 4) is 0 Å². The van der Waals surface area contributed by atoms with E-state index in [1.807, 2.05) is 30.3 Å². The summed E-state index contributed by atoms with van der Waals surface area (Å²) in [5, 5.41) is 2.98. The van der Waals surface area contributed by atoms with Gasteiger partial charge in [0.25, 0.3) is 0 Å². The van der Waals surface area contributed by atoms with Gasteiger partial charge in [-0.2, -0.15) is 0 Å². The van der Waals surface area contributed by atoms with Crippen LogP contribution in [0.25, 0.3) is 0 Å². The van der Waals surface area contributed by atoms with E-state index in [9.17, 15) is 4.79 Å². The molecular formula is C16H16N2O. The van der Waals surface area contributed by atoms with Gasteiger partial charge in [0.1, 0.15) is 0 Å². The molecule has 1 N–H and O–H groups in total. The van der Waals surface area contributed by atoms with Crippen molar-refractivity contribution in [2.45, 2.75) is 13.3 Å². The van der Waals surface area contributed by atoms with Gasteiger partial charge in [-0.05, 0) is 30.7 Å². The van der Waals surface area contributed by atoms with Crippen LogP contribution in [0.5, 0.6) is 0 Å². The monoisotopic (exact) mass is 252 g/mol. The number of amides is 1. The van der Waals surface area contributed by atoms with E-state index in [0.29, 0.717) is 13.0 Å². The Morgan fingerprint density at radius 1 is 1.05 bits per heavy atom. The molecule has 0 aromatic heterocycles. The lowest BCUT2D eigenvalue weighted by Gasteiger charge is -2.26. The number of fused-ring (bicyclic) bond motifs is 1. The van der Waals surface area contributed by atoms with Crippen LogP contribution in [0.2, 0.25) is 0 Å². The number of nitrogens with one attached hydrogen (secondary N) is 1. The smallest absolute Gasteiger partial charge is 0.226 e. The fourth-order valence-electron chi connectivity index (χ4n) is 2.52. The first-order chi connectivity index (χ1) is 9.25. The molecule has 1 heterocycles. The van der Waals surface area contributed by atoms with Crippen LogP contribution in [-0.2, 0) is 4.79 Å². The van der Waals surface area contributed by atoms with E-state index < -0.39 is 0 Å². The second-order valence-electron chi connectivity index (χ2n) is 4.76. The van der Waals surface area contributed by atoms with Gasteiger partial charge in [0.2, 0.25) is 5.91 Å². The minimum atomic E-state index is 0.0743. The number of benzene rings is 2. The molecule has 0 saturated carbocycles. The number of carbonyl (C=O) groups is 1. The fourth-order valence-corrected chi connectivity index (χ4v) is 2.52. The molecule has 2 aromatic carbocycles. The standard InChI is InChI=1S/C16H16N2O/c1-12-6-5-9-14-16(12)18(11-10-15(19)17-14)13-7-3-2-4-8-13/h2-9H,10-11H2,1H3,(H,17,19). The Labute approximate surface area is 112 Å². The van der Waals surface area contributed by atoms with Crippen molar-refractivity contribution in [1.29, 1.82) is 0 Å². The SMILES string of the molecule is Cc1cccc2c1N(c1ccccc1)CCC(=O)N2. The van der Waals surface area contributed by atoms with Gasteiger partial charge < -0.3 is 10.2 Å². The van der Waals surface area contributed by atoms with Gasteiger partial charge >= 0.3 is 0 Å². The first kappa shape index (κ1) is 11.8. The van der Waals surface area contributed by atoms with E-state index in [0.717, 1.165) is 17.1 Å². The summed E-state index contributed by atoms with van der Waals surface area (Å²) in [4.78, 5) is 14.0. The Morgan fingerprint density at radius 2 is 1.84 bits per heavy atom. The topological polar surface area (TPSA) is 32.3 Å². The first-order valence-electron chi connectivity index (χ1n) is 6.48. The Morgan fingerprint density at radius 3 is 2.63 bits per heavy atom. The maximum absolute atomic E-state index is 11.8. The predicted molar refractivity (Wildman–Crippen MR) is 77.9 cm³/mol. The molecule has 19 heavy (non-hydrogen) atoms. The highest BCUT2D eigenvalue weighted by molar-refractivity contribution is 5.98. The molecule has 0 radical (unpaired) electrons. The van der Waals surface area contributed by atoms with Crippen LogP contribution in [-0.4, -0.2) is 12.5 Å². The van der Waals surface area contributed by atoms with Gasteiger partial charge in [-0.25, -0.2) is 0 Å². The van der Waals surface area contributed by atoms with Crippen molar-refractivity contribution >= 4 is 23.0 Å². The van der Waals surface area contributed by atoms with Crippen molar-refractivity contribution in [3.63, 3.8) is 0 Å². The summed E-state index contributed by atoms with van der Waals surface area (Å²) < 4.78 is 0. The highest BCUT2D eigenvalue weighted by Gasteiger charge is 2.21. The van der Waals surface area contributed by atoms with Gasteiger partial charge in [0.05, 0.1) is 11.4 Å². The number of hydrogen-bond donors (Lipinski definition) is 1. The molecule has 0 bridgehead atoms. The first-order valence-corrected chi connectivity index (χ1v) is 6.48. The molecule has 0 saturated heterocycles. The van der Waals surface area contributed by atoms with Gasteiger partial charge in [-0.1, -0.05) is 30.3 Å². The predicted octanol–water partition coefficient (Wildman–Crippen LogP) is 3.48. The quantitative estimate of drug-likeness (QED) is 0.842. The lowest BCUT2D eigenvalue weighted by atomic mass is 10.1. The molecule has 3 heteroatoms. The van der Waals surface area contributed by atoms with Crippen LogP contribution in [0.3, 0.4) is 0 Å². The highest BCUT2D eigenvalue weighted by atomic mass is 16.1. The van der Waals surface area contributed by atoms with E-state index in [1.165, 1.54) is 5.56 Å². The molecule has 3 nitrogen and oxygen atoms in total. The maximum Gasteiger partial charge on any atom is 0.226 e. The molecule has 0 aliphatic carbocycles. The summed E-state index contributed by atoms with van der Waals surface area (Å²) in [6, 6.07) is 16.2. The number of para-hydroxylation sites is 2. The largest absolute Gasteiger partial charge is 0.339 e. The molecule has 1 aliphatic rings. The van der Waals surface area contributed by atoms with Crippen molar-refractivity contribution in [3.05, 3.63) is 54.1 Å². The van der Waals surface area contributed by atoms with Crippen LogP contribution in [0.1, 0.15) is 12.0 Å². The molecule has 2 aromatic rings. The fraction of sp³-hybridized carbons (Fsp3) is 0.188. The lowest BCUT2D eigenvalue weighted by Crippen LogP contribution is -2.19. The second kappa shape index (κ2) is 4.76. The molecule has 3 rings (SSSR count). The van der Waals surface area contributed by atoms with Crippen LogP contribution >= 0.6 is 0 Å². The average molecular weight is 252 g/mol. The summed E-state index contributed by atoms with van der Waals surface area (Å²) in [6.07, 6.45) is 0.503. The Hall–Kier alpha value is -2.29. The number of rotatable bonds is 1. The Bertz CT molecular complexity index is 607. The number of anilines is 3. The van der Waals surface area contributed by atoms with E-state index in [2.05, 4.69) is 35.3 Å². The van der Waals surface area contributed by atoms with Crippen molar-refractivity contribution < 1.29 is 4.79 Å². The molecule has 0 spiro atoms. The molecule has 0 fully saturated rings. The van der Waals surface area contributed by atoms with Crippen molar-refractivity contribution in [2.24, 2.45) is 0 Å². The van der Waals surface area contributed by atoms with Crippen molar-refractivity contribution in [1.82, 2.24) is 0 Å². The average Bonchev–Trinajstić information content (AvgIpc) is 2.59. The van der Waals surface area contributed by atoms with Gasteiger partial charge in [-0.15, -0.1) is 0 Å². The van der Waals surface area contributed by atoms with Crippen LogP contribution in [0, 0.1) is 6.92 Å². The second-order valence-corrected chi connectivity index (χ2v) is 4.76. The van der Waals surface area contributed by atoms with E-state index in [4.69, 9.17) is 0 Å². The van der Waals surface area contributed by atoms with Crippen LogP contribution < -0.4 is 10.2 Å². The third kappa shape index (κ3) is 2.19. The third-order valence-corrected chi connectivity index (χ3v) is 3.41. The summed E-state index contributed by atoms with van der Waals surface area (Å²) in [5.41, 5.74) is 4.28. The van der Waals surface area contributed by atoms with Crippen molar-refractivity contribution in [2.75, 3.05) is 16.8 Å². The molecule has 0 unspecified atom stereocenters. The molecule has 0 atom stereocenters. The number of nitrogens with zero attached hydrogens (tertiary/aromatic N) is 1. The van der Waals surface area contributed by atoms with E-state index >= 15 is 0 Å². The van der Waals surface area contributed by atoms with E-state index in [1.54, 1.807) is 0 Å². The lowest BCUT2D eigenvalue weighted by molar-refractivity contribution is -0.115. The van der Waals surface area contributed by atoms with Gasteiger partial charge in [0.15, 0.2) is 0 Å². The van der Waals surface area contributed by atoms with Crippen LogP contribution in [0.4, 0.5) is 17.1 Å². The molecule has 1 amide bonds. The number of carbonyl (C=O) groups excluding carboxylic acids is 1. The number of aryl methyl sites for hydroxylation is 1. The van der Waals surface area contributed by atoms with Crippen LogP contribution in [0.15, 0.2) is 48.5 Å². The molecular weight excluding hydrogens is 236 g/mol. The summed E-state index contributed by atoms with van der Waals surface area (Å²) in [7, 11) is 0. The summed E-state index contributed by atoms with van der Waals surface area (Å²) in [6.45, 7) is 2.78. The van der Waals surface area contributed by atoms with Gasteiger partial charge in [-0.3, -0.25) is 4.79 Å². The Kier molecular flexibility index (Phi) is 2.95. The highest BCUT2D eigenvalue weighted by Crippen LogP contribution is 2.36. The van der Waals surface area contributed by atoms with Gasteiger partial charge in [0, 0.05) is 18.7 Å². The minimum absolute atomic E-state index is 0.0743. The number of hydrogen-bond acceptors (Lipinski definition) is 2. The third-order valence-electron chi connectivity index (χ3n) is 3.41. The van der Waals surface area contributed by atoms with E-state index in [-0.39, 0.29) is 5.91 Å². The zero-order valence-electron chi connectivity index (χ0n) is 10.9.